The minimum absolute atomic E-state index is 0.00861. The first-order valence-corrected chi connectivity index (χ1v) is 5.04. The van der Waals surface area contributed by atoms with Gasteiger partial charge < -0.3 is 14.9 Å². The molecule has 0 radical (unpaired) electrons. The maximum Gasteiger partial charge on any atom is 0.362 e. The Morgan fingerprint density at radius 3 is 3.00 bits per heavy atom. The van der Waals surface area contributed by atoms with E-state index in [4.69, 9.17) is 14.9 Å². The average molecular weight is 236 g/mol. The fraction of sp³-hybridized carbons (Fsp3) is 0.300. The predicted molar refractivity (Wildman–Crippen MR) is 59.1 cm³/mol. The fourth-order valence-electron chi connectivity index (χ4n) is 1.33. The molecule has 0 amide bonds. The molecule has 0 aromatic carbocycles. The highest BCUT2D eigenvalue weighted by Crippen LogP contribution is 2.23. The summed E-state index contributed by atoms with van der Waals surface area (Å²) in [7, 11) is 1.77. The van der Waals surface area contributed by atoms with E-state index in [0.29, 0.717) is 5.56 Å². The molecule has 17 heavy (non-hydrogen) atoms. The van der Waals surface area contributed by atoms with Crippen LogP contribution in [0.25, 0.3) is 11.5 Å². The number of esters is 1. The van der Waals surface area contributed by atoms with Crippen LogP contribution in [0.2, 0.25) is 0 Å². The molecule has 0 aliphatic rings. The number of oxazole rings is 1. The molecule has 0 saturated heterocycles. The van der Waals surface area contributed by atoms with E-state index in [1.54, 1.807) is 31.0 Å². The minimum atomic E-state index is -0.594. The van der Waals surface area contributed by atoms with E-state index in [2.05, 4.69) is 10.1 Å². The number of carbonyl (C=O) groups excluding carboxylic acids is 1. The van der Waals surface area contributed by atoms with E-state index in [-0.39, 0.29) is 24.1 Å². The van der Waals surface area contributed by atoms with Crippen molar-refractivity contribution in [2.75, 3.05) is 12.3 Å². The van der Waals surface area contributed by atoms with Crippen LogP contribution in [-0.2, 0) is 11.8 Å². The van der Waals surface area contributed by atoms with E-state index in [0.717, 1.165) is 0 Å². The molecule has 0 unspecified atom stereocenters. The Bertz CT molecular complexity index is 543. The highest BCUT2D eigenvalue weighted by Gasteiger charge is 2.20. The number of aryl methyl sites for hydroxylation is 1. The second kappa shape index (κ2) is 4.28. The van der Waals surface area contributed by atoms with Crippen LogP contribution in [-0.4, -0.2) is 27.3 Å². The number of rotatable bonds is 3. The molecule has 7 heteroatoms. The molecule has 0 atom stereocenters. The molecule has 2 aromatic heterocycles. The maximum atomic E-state index is 11.5. The first-order chi connectivity index (χ1) is 8.11. The summed E-state index contributed by atoms with van der Waals surface area (Å²) >= 11 is 0. The fourth-order valence-corrected chi connectivity index (χ4v) is 1.33. The largest absolute Gasteiger partial charge is 0.461 e. The summed E-state index contributed by atoms with van der Waals surface area (Å²) in [6, 6.07) is 0. The zero-order valence-corrected chi connectivity index (χ0v) is 9.51. The molecule has 0 aliphatic heterocycles. The second-order valence-electron chi connectivity index (χ2n) is 3.36. The number of anilines is 1. The molecule has 2 rings (SSSR count). The van der Waals surface area contributed by atoms with Gasteiger partial charge in [-0.05, 0) is 6.92 Å². The van der Waals surface area contributed by atoms with Gasteiger partial charge in [-0.2, -0.15) is 10.1 Å². The highest BCUT2D eigenvalue weighted by molar-refractivity contribution is 5.92. The standard InChI is InChI=1S/C10H12N4O3/c1-3-16-10(15)7-8(11)17-9(13-7)6-4-12-14(2)5-6/h4-5H,3,11H2,1-2H3. The van der Waals surface area contributed by atoms with Gasteiger partial charge >= 0.3 is 5.97 Å². The van der Waals surface area contributed by atoms with Gasteiger partial charge in [0.05, 0.1) is 18.4 Å². The lowest BCUT2D eigenvalue weighted by Crippen LogP contribution is -2.07. The summed E-state index contributed by atoms with van der Waals surface area (Å²) in [5.74, 6) is -0.398. The Morgan fingerprint density at radius 1 is 1.65 bits per heavy atom. The third kappa shape index (κ3) is 2.12. The first kappa shape index (κ1) is 11.2. The number of ether oxygens (including phenoxy) is 1. The molecule has 0 spiro atoms. The van der Waals surface area contributed by atoms with Crippen LogP contribution < -0.4 is 5.73 Å². The summed E-state index contributed by atoms with van der Waals surface area (Å²) in [6.07, 6.45) is 3.28. The van der Waals surface area contributed by atoms with Gasteiger partial charge in [-0.3, -0.25) is 4.68 Å². The van der Waals surface area contributed by atoms with Gasteiger partial charge in [0, 0.05) is 13.2 Å². The van der Waals surface area contributed by atoms with E-state index in [9.17, 15) is 4.79 Å². The van der Waals surface area contributed by atoms with Crippen molar-refractivity contribution in [3.63, 3.8) is 0 Å². The Balaban J connectivity index is 2.33. The number of nitrogen functional groups attached to an aromatic ring is 1. The molecular formula is C10H12N4O3. The lowest BCUT2D eigenvalue weighted by Gasteiger charge is -1.96. The lowest BCUT2D eigenvalue weighted by atomic mass is 10.4. The maximum absolute atomic E-state index is 11.5. The van der Waals surface area contributed by atoms with Gasteiger partial charge in [0.25, 0.3) is 0 Å². The van der Waals surface area contributed by atoms with Crippen molar-refractivity contribution in [1.82, 2.24) is 14.8 Å². The quantitative estimate of drug-likeness (QED) is 0.793. The second-order valence-corrected chi connectivity index (χ2v) is 3.36. The smallest absolute Gasteiger partial charge is 0.362 e. The topological polar surface area (TPSA) is 96.2 Å². The van der Waals surface area contributed by atoms with E-state index in [1.165, 1.54) is 0 Å². The number of nitrogens with two attached hydrogens (primary N) is 1. The monoisotopic (exact) mass is 236 g/mol. The van der Waals surface area contributed by atoms with Crippen LogP contribution in [0.5, 0.6) is 0 Å². The Morgan fingerprint density at radius 2 is 2.41 bits per heavy atom. The summed E-state index contributed by atoms with van der Waals surface area (Å²) < 4.78 is 11.6. The van der Waals surface area contributed by atoms with E-state index < -0.39 is 5.97 Å². The lowest BCUT2D eigenvalue weighted by molar-refractivity contribution is 0.0521. The summed E-state index contributed by atoms with van der Waals surface area (Å²) in [5, 5.41) is 3.97. The Kier molecular flexibility index (Phi) is 2.82. The number of carbonyl (C=O) groups is 1. The molecule has 7 nitrogen and oxygen atoms in total. The molecule has 0 saturated carbocycles. The zero-order valence-electron chi connectivity index (χ0n) is 9.51. The van der Waals surface area contributed by atoms with Crippen molar-refractivity contribution in [2.24, 2.45) is 7.05 Å². The first-order valence-electron chi connectivity index (χ1n) is 5.04. The van der Waals surface area contributed by atoms with Crippen molar-refractivity contribution in [3.8, 4) is 11.5 Å². The van der Waals surface area contributed by atoms with E-state index >= 15 is 0 Å². The van der Waals surface area contributed by atoms with Crippen molar-refractivity contribution in [2.45, 2.75) is 6.92 Å². The van der Waals surface area contributed by atoms with Gasteiger partial charge in [0.15, 0.2) is 0 Å². The molecule has 0 fully saturated rings. The van der Waals surface area contributed by atoms with Crippen LogP contribution in [0.3, 0.4) is 0 Å². The molecule has 0 aliphatic carbocycles. The Hall–Kier alpha value is -2.31. The normalized spacial score (nSPS) is 10.5. The Labute approximate surface area is 97.2 Å². The van der Waals surface area contributed by atoms with Crippen LogP contribution in [0, 0.1) is 0 Å². The summed E-state index contributed by atoms with van der Waals surface area (Å²) in [4.78, 5) is 15.5. The third-order valence-corrected chi connectivity index (χ3v) is 2.07. The molecule has 2 aromatic rings. The zero-order chi connectivity index (χ0) is 12.4. The molecule has 2 heterocycles. The van der Waals surface area contributed by atoms with Crippen LogP contribution >= 0.6 is 0 Å². The summed E-state index contributed by atoms with van der Waals surface area (Å²) in [6.45, 7) is 1.96. The van der Waals surface area contributed by atoms with Gasteiger partial charge in [-0.1, -0.05) is 0 Å². The van der Waals surface area contributed by atoms with Gasteiger partial charge in [0.2, 0.25) is 17.5 Å². The van der Waals surface area contributed by atoms with Gasteiger partial charge in [-0.25, -0.2) is 4.79 Å². The van der Waals surface area contributed by atoms with Crippen molar-refractivity contribution in [3.05, 3.63) is 18.1 Å². The third-order valence-electron chi connectivity index (χ3n) is 2.07. The number of hydrogen-bond donors (Lipinski definition) is 1. The van der Waals surface area contributed by atoms with Gasteiger partial charge in [0.1, 0.15) is 0 Å². The average Bonchev–Trinajstić information content (AvgIpc) is 2.85. The molecule has 0 bridgehead atoms. The predicted octanol–water partition coefficient (Wildman–Crippen LogP) is 0.834. The number of aromatic nitrogens is 3. The van der Waals surface area contributed by atoms with Crippen molar-refractivity contribution >= 4 is 11.9 Å². The van der Waals surface area contributed by atoms with Crippen LogP contribution in [0.15, 0.2) is 16.8 Å². The SMILES string of the molecule is CCOC(=O)c1nc(-c2cnn(C)c2)oc1N. The van der Waals surface area contributed by atoms with Crippen molar-refractivity contribution < 1.29 is 13.9 Å². The summed E-state index contributed by atoms with van der Waals surface area (Å²) in [5.41, 5.74) is 6.20. The molecule has 2 N–H and O–H groups in total. The highest BCUT2D eigenvalue weighted by atomic mass is 16.5. The van der Waals surface area contributed by atoms with Crippen LogP contribution in [0.4, 0.5) is 5.88 Å². The minimum Gasteiger partial charge on any atom is -0.461 e. The van der Waals surface area contributed by atoms with Gasteiger partial charge in [-0.15, -0.1) is 0 Å². The van der Waals surface area contributed by atoms with E-state index in [1.807, 2.05) is 0 Å². The number of nitrogens with zero attached hydrogens (tertiary/aromatic N) is 3. The molecule has 90 valence electrons. The van der Waals surface area contributed by atoms with Crippen LogP contribution in [0.1, 0.15) is 17.4 Å². The number of hydrogen-bond acceptors (Lipinski definition) is 6. The van der Waals surface area contributed by atoms with Crippen molar-refractivity contribution in [1.29, 1.82) is 0 Å². The molecular weight excluding hydrogens is 224 g/mol.